The van der Waals surface area contributed by atoms with Crippen molar-refractivity contribution in [1.29, 1.82) is 0 Å². The highest BCUT2D eigenvalue weighted by atomic mass is 32.1. The van der Waals surface area contributed by atoms with E-state index in [-0.39, 0.29) is 0 Å². The zero-order valence-corrected chi connectivity index (χ0v) is 14.0. The molecule has 3 nitrogen and oxygen atoms in total. The van der Waals surface area contributed by atoms with Gasteiger partial charge in [0.2, 0.25) is 0 Å². The molecule has 0 aliphatic heterocycles. The van der Waals surface area contributed by atoms with Gasteiger partial charge in [0.1, 0.15) is 5.82 Å². The van der Waals surface area contributed by atoms with Crippen molar-refractivity contribution in [2.24, 2.45) is 0 Å². The number of aromatic nitrogens is 1. The number of rotatable bonds is 8. The van der Waals surface area contributed by atoms with E-state index in [9.17, 15) is 0 Å². The molecule has 1 N–H and O–H groups in total. The number of hydrogen-bond acceptors (Lipinski definition) is 4. The normalized spacial score (nSPS) is 12.3. The minimum absolute atomic E-state index is 0.373. The molecule has 21 heavy (non-hydrogen) atoms. The highest BCUT2D eigenvalue weighted by Gasteiger charge is 2.08. The Bertz CT molecular complexity index is 525. The molecular weight excluding hydrogens is 278 g/mol. The Morgan fingerprint density at radius 1 is 1.38 bits per heavy atom. The number of likely N-dealkylation sites (N-methyl/N-ethyl adjacent to an activating group) is 1. The minimum Gasteiger partial charge on any atom is -0.359 e. The summed E-state index contributed by atoms with van der Waals surface area (Å²) in [5, 5.41) is 5.66. The van der Waals surface area contributed by atoms with E-state index in [0.717, 1.165) is 31.7 Å². The zero-order chi connectivity index (χ0) is 15.1. The first-order valence-corrected chi connectivity index (χ1v) is 8.51. The molecule has 0 bridgehead atoms. The summed E-state index contributed by atoms with van der Waals surface area (Å²) in [5.41, 5.74) is 1.30. The molecule has 0 fully saturated rings. The van der Waals surface area contributed by atoms with Crippen LogP contribution in [-0.4, -0.2) is 25.1 Å². The van der Waals surface area contributed by atoms with Crippen molar-refractivity contribution in [3.63, 3.8) is 0 Å². The van der Waals surface area contributed by atoms with Gasteiger partial charge in [-0.15, -0.1) is 11.3 Å². The molecule has 0 amide bonds. The molecule has 2 rings (SSSR count). The Morgan fingerprint density at radius 3 is 2.95 bits per heavy atom. The lowest BCUT2D eigenvalue weighted by Gasteiger charge is -2.20. The minimum atomic E-state index is 0.373. The Morgan fingerprint density at radius 2 is 2.24 bits per heavy atom. The molecule has 1 atom stereocenters. The average molecular weight is 303 g/mol. The van der Waals surface area contributed by atoms with Crippen molar-refractivity contribution in [3.05, 3.63) is 46.3 Å². The van der Waals surface area contributed by atoms with Crippen LogP contribution in [0.1, 0.15) is 36.8 Å². The third-order valence-corrected chi connectivity index (χ3v) is 4.57. The molecule has 2 aromatic rings. The van der Waals surface area contributed by atoms with E-state index < -0.39 is 0 Å². The third-order valence-electron chi connectivity index (χ3n) is 3.63. The Kier molecular flexibility index (Phi) is 6.21. The lowest BCUT2D eigenvalue weighted by atomic mass is 10.1. The molecule has 0 aromatic carbocycles. The van der Waals surface area contributed by atoms with Gasteiger partial charge >= 0.3 is 0 Å². The molecule has 0 radical (unpaired) electrons. The maximum absolute atomic E-state index is 4.50. The van der Waals surface area contributed by atoms with Gasteiger partial charge in [-0.3, -0.25) is 0 Å². The summed E-state index contributed by atoms with van der Waals surface area (Å²) in [5.74, 6) is 1.05. The fraction of sp³-hybridized carbons (Fsp3) is 0.471. The quantitative estimate of drug-likeness (QED) is 0.802. The van der Waals surface area contributed by atoms with Crippen molar-refractivity contribution in [2.75, 3.05) is 25.0 Å². The SMILES string of the molecule is CCCNC(C)c1ccnc(N(C)CCc2cccs2)c1. The van der Waals surface area contributed by atoms with Gasteiger partial charge in [0.05, 0.1) is 0 Å². The molecular formula is C17H25N3S. The average Bonchev–Trinajstić information content (AvgIpc) is 3.03. The van der Waals surface area contributed by atoms with Crippen LogP contribution in [0.3, 0.4) is 0 Å². The van der Waals surface area contributed by atoms with Crippen molar-refractivity contribution in [3.8, 4) is 0 Å². The number of pyridine rings is 1. The standard InChI is InChI=1S/C17H25N3S/c1-4-9-18-14(2)15-7-10-19-17(13-15)20(3)11-8-16-6-5-12-21-16/h5-7,10,12-14,18H,4,8-9,11H2,1-3H3. The lowest BCUT2D eigenvalue weighted by Crippen LogP contribution is -2.23. The van der Waals surface area contributed by atoms with E-state index in [2.05, 4.69) is 65.7 Å². The summed E-state index contributed by atoms with van der Waals surface area (Å²) in [7, 11) is 2.11. The predicted octanol–water partition coefficient (Wildman–Crippen LogP) is 3.88. The Hall–Kier alpha value is -1.39. The largest absolute Gasteiger partial charge is 0.359 e. The summed E-state index contributed by atoms with van der Waals surface area (Å²) in [6.07, 6.45) is 4.14. The topological polar surface area (TPSA) is 28.2 Å². The molecule has 0 spiro atoms. The number of hydrogen-bond donors (Lipinski definition) is 1. The molecule has 2 heterocycles. The van der Waals surface area contributed by atoms with Gasteiger partial charge in [-0.05, 0) is 55.5 Å². The second kappa shape index (κ2) is 8.15. The van der Waals surface area contributed by atoms with Crippen LogP contribution >= 0.6 is 11.3 Å². The van der Waals surface area contributed by atoms with Crippen LogP contribution in [0.5, 0.6) is 0 Å². The third kappa shape index (κ3) is 4.83. The highest BCUT2D eigenvalue weighted by molar-refractivity contribution is 7.09. The van der Waals surface area contributed by atoms with Gasteiger partial charge in [0.25, 0.3) is 0 Å². The molecule has 0 saturated heterocycles. The van der Waals surface area contributed by atoms with Crippen LogP contribution in [-0.2, 0) is 6.42 Å². The van der Waals surface area contributed by atoms with Crippen LogP contribution in [0, 0.1) is 0 Å². The van der Waals surface area contributed by atoms with Crippen molar-refractivity contribution >= 4 is 17.2 Å². The molecule has 114 valence electrons. The monoisotopic (exact) mass is 303 g/mol. The summed E-state index contributed by atoms with van der Waals surface area (Å²) in [4.78, 5) is 8.16. The van der Waals surface area contributed by atoms with Crippen LogP contribution in [0.4, 0.5) is 5.82 Å². The first-order valence-electron chi connectivity index (χ1n) is 7.63. The predicted molar refractivity (Wildman–Crippen MR) is 92.2 cm³/mol. The summed E-state index contributed by atoms with van der Waals surface area (Å²) >= 11 is 1.82. The van der Waals surface area contributed by atoms with E-state index in [0.29, 0.717) is 6.04 Å². The second-order valence-electron chi connectivity index (χ2n) is 5.37. The van der Waals surface area contributed by atoms with E-state index in [1.54, 1.807) is 0 Å². The maximum atomic E-state index is 4.50. The van der Waals surface area contributed by atoms with Gasteiger partial charge in [-0.25, -0.2) is 4.98 Å². The summed E-state index contributed by atoms with van der Waals surface area (Å²) in [6, 6.07) is 8.97. The molecule has 0 aliphatic rings. The van der Waals surface area contributed by atoms with Crippen LogP contribution < -0.4 is 10.2 Å². The van der Waals surface area contributed by atoms with E-state index in [1.165, 1.54) is 10.4 Å². The molecule has 0 saturated carbocycles. The van der Waals surface area contributed by atoms with Crippen LogP contribution in [0.25, 0.3) is 0 Å². The van der Waals surface area contributed by atoms with Crippen LogP contribution in [0.15, 0.2) is 35.8 Å². The Labute approximate surface area is 132 Å². The maximum Gasteiger partial charge on any atom is 0.128 e. The van der Waals surface area contributed by atoms with E-state index in [1.807, 2.05) is 17.5 Å². The van der Waals surface area contributed by atoms with E-state index >= 15 is 0 Å². The van der Waals surface area contributed by atoms with E-state index in [4.69, 9.17) is 0 Å². The molecule has 2 aromatic heterocycles. The van der Waals surface area contributed by atoms with Crippen molar-refractivity contribution < 1.29 is 0 Å². The van der Waals surface area contributed by atoms with Gasteiger partial charge in [0, 0.05) is 30.7 Å². The van der Waals surface area contributed by atoms with Crippen molar-refractivity contribution in [2.45, 2.75) is 32.7 Å². The number of thiophene rings is 1. The zero-order valence-electron chi connectivity index (χ0n) is 13.2. The van der Waals surface area contributed by atoms with Gasteiger partial charge in [-0.2, -0.15) is 0 Å². The highest BCUT2D eigenvalue weighted by Crippen LogP contribution is 2.18. The first kappa shape index (κ1) is 16.0. The molecule has 0 aliphatic carbocycles. The number of anilines is 1. The number of nitrogens with zero attached hydrogens (tertiary/aromatic N) is 2. The van der Waals surface area contributed by atoms with Crippen LogP contribution in [0.2, 0.25) is 0 Å². The molecule has 4 heteroatoms. The summed E-state index contributed by atoms with van der Waals surface area (Å²) < 4.78 is 0. The summed E-state index contributed by atoms with van der Waals surface area (Å²) in [6.45, 7) is 6.44. The lowest BCUT2D eigenvalue weighted by molar-refractivity contribution is 0.570. The Balaban J connectivity index is 1.95. The fourth-order valence-electron chi connectivity index (χ4n) is 2.24. The smallest absolute Gasteiger partial charge is 0.128 e. The first-order chi connectivity index (χ1) is 10.2. The number of nitrogens with one attached hydrogen (secondary N) is 1. The van der Waals surface area contributed by atoms with Gasteiger partial charge in [-0.1, -0.05) is 13.0 Å². The van der Waals surface area contributed by atoms with Gasteiger partial charge < -0.3 is 10.2 Å². The molecule has 1 unspecified atom stereocenters. The van der Waals surface area contributed by atoms with Gasteiger partial charge in [0.15, 0.2) is 0 Å². The van der Waals surface area contributed by atoms with Crippen molar-refractivity contribution in [1.82, 2.24) is 10.3 Å². The second-order valence-corrected chi connectivity index (χ2v) is 6.41. The fourth-order valence-corrected chi connectivity index (χ4v) is 2.94.